The van der Waals surface area contributed by atoms with E-state index in [0.717, 1.165) is 22.5 Å². The van der Waals surface area contributed by atoms with E-state index >= 15 is 0 Å². The Morgan fingerprint density at radius 2 is 1.90 bits per heavy atom. The van der Waals surface area contributed by atoms with E-state index in [9.17, 15) is 22.8 Å². The number of pyridine rings is 1. The maximum Gasteiger partial charge on any atom is 0.389 e. The minimum absolute atomic E-state index is 0.0791. The number of hydrogen-bond acceptors (Lipinski definition) is 6. The third kappa shape index (κ3) is 7.62. The van der Waals surface area contributed by atoms with Crippen LogP contribution in [-0.4, -0.2) is 73.3 Å². The van der Waals surface area contributed by atoms with E-state index in [4.69, 9.17) is 9.72 Å². The maximum absolute atomic E-state index is 12.9. The molecule has 2 N–H and O–H groups in total. The van der Waals surface area contributed by atoms with E-state index in [1.165, 1.54) is 4.90 Å². The molecular weight excluding hydrogens is 511 g/mol. The Bertz CT molecular complexity index is 1180. The molecule has 39 heavy (non-hydrogen) atoms. The number of aromatic nitrogens is 1. The van der Waals surface area contributed by atoms with Crippen LogP contribution < -0.4 is 15.5 Å². The summed E-state index contributed by atoms with van der Waals surface area (Å²) in [6, 6.07) is 8.60. The van der Waals surface area contributed by atoms with Crippen molar-refractivity contribution in [3.8, 4) is 11.1 Å². The Labute approximate surface area is 226 Å². The lowest BCUT2D eigenvalue weighted by Crippen LogP contribution is -2.37. The minimum atomic E-state index is -4.23. The number of aryl methyl sites for hydroxylation is 1. The van der Waals surface area contributed by atoms with Crippen molar-refractivity contribution in [3.05, 3.63) is 35.9 Å². The van der Waals surface area contributed by atoms with Crippen LogP contribution in [0.2, 0.25) is 0 Å². The highest BCUT2D eigenvalue weighted by atomic mass is 19.4. The molecule has 8 nitrogen and oxygen atoms in total. The average Bonchev–Trinajstić information content (AvgIpc) is 3.36. The number of ether oxygens (including phenoxy) is 1. The normalized spacial score (nSPS) is 18.7. The molecule has 1 aromatic carbocycles. The van der Waals surface area contributed by atoms with Gasteiger partial charge in [0, 0.05) is 44.7 Å². The third-order valence-corrected chi connectivity index (χ3v) is 7.24. The number of carbonyl (C=O) groups is 2. The summed E-state index contributed by atoms with van der Waals surface area (Å²) < 4.78 is 43.8. The minimum Gasteiger partial charge on any atom is -0.378 e. The maximum atomic E-state index is 12.9. The first-order valence-electron chi connectivity index (χ1n) is 13.4. The van der Waals surface area contributed by atoms with Crippen molar-refractivity contribution in [1.29, 1.82) is 0 Å². The van der Waals surface area contributed by atoms with E-state index in [2.05, 4.69) is 15.5 Å². The van der Waals surface area contributed by atoms with E-state index in [1.807, 2.05) is 45.0 Å². The smallest absolute Gasteiger partial charge is 0.378 e. The second-order valence-electron chi connectivity index (χ2n) is 10.3. The second kappa shape index (κ2) is 12.2. The molecule has 2 fully saturated rings. The lowest BCUT2D eigenvalue weighted by atomic mass is 10.00. The molecule has 2 amide bonds. The van der Waals surface area contributed by atoms with Gasteiger partial charge in [-0.05, 0) is 67.1 Å². The van der Waals surface area contributed by atoms with Gasteiger partial charge in [-0.3, -0.25) is 4.79 Å². The van der Waals surface area contributed by atoms with Gasteiger partial charge in [0.25, 0.3) is 0 Å². The van der Waals surface area contributed by atoms with Crippen LogP contribution in [0, 0.1) is 12.8 Å². The second-order valence-corrected chi connectivity index (χ2v) is 10.3. The van der Waals surface area contributed by atoms with Gasteiger partial charge in [0.2, 0.25) is 0 Å². The van der Waals surface area contributed by atoms with Crippen molar-refractivity contribution in [3.63, 3.8) is 0 Å². The number of Topliss-reactive ketones (excluding diaryl/α,β-unsaturated/α-hetero) is 1. The highest BCUT2D eigenvalue weighted by Gasteiger charge is 2.36. The Hall–Kier alpha value is -3.34. The number of nitrogens with one attached hydrogen (secondary N) is 2. The van der Waals surface area contributed by atoms with Crippen molar-refractivity contribution >= 4 is 29.1 Å². The zero-order chi connectivity index (χ0) is 28.2. The summed E-state index contributed by atoms with van der Waals surface area (Å²) in [7, 11) is 0. The summed E-state index contributed by atoms with van der Waals surface area (Å²) in [4.78, 5) is 33.4. The van der Waals surface area contributed by atoms with Crippen molar-refractivity contribution in [1.82, 2.24) is 9.88 Å². The van der Waals surface area contributed by atoms with Crippen LogP contribution in [0.15, 0.2) is 30.3 Å². The molecule has 0 aliphatic carbocycles. The fourth-order valence-corrected chi connectivity index (χ4v) is 5.03. The van der Waals surface area contributed by atoms with Gasteiger partial charge in [-0.25, -0.2) is 9.78 Å². The zero-order valence-electron chi connectivity index (χ0n) is 22.6. The number of halogens is 3. The molecule has 0 bridgehead atoms. The van der Waals surface area contributed by atoms with Crippen molar-refractivity contribution in [2.75, 3.05) is 54.9 Å². The molecule has 1 aromatic heterocycles. The summed E-state index contributed by atoms with van der Waals surface area (Å²) in [6.07, 6.45) is -4.36. The molecule has 212 valence electrons. The molecule has 2 aromatic rings. The SMILES string of the molecule is CCC(=O)[C@H](C)Nc1cc(-c2cc(NC(=O)N3CC[C@@H](CC(F)(F)F)C3)ccc2C)cc(N2CCOCC2)n1. The molecule has 2 saturated heterocycles. The lowest BCUT2D eigenvalue weighted by molar-refractivity contribution is -0.143. The molecule has 4 rings (SSSR count). The first-order valence-corrected chi connectivity index (χ1v) is 13.4. The summed E-state index contributed by atoms with van der Waals surface area (Å²) in [5.74, 6) is 0.837. The quantitative estimate of drug-likeness (QED) is 0.455. The number of hydrogen-bond donors (Lipinski definition) is 2. The Morgan fingerprint density at radius 3 is 2.59 bits per heavy atom. The van der Waals surface area contributed by atoms with Crippen LogP contribution in [0.1, 0.15) is 38.7 Å². The van der Waals surface area contributed by atoms with Crippen LogP contribution in [0.5, 0.6) is 0 Å². The van der Waals surface area contributed by atoms with Gasteiger partial charge < -0.3 is 25.2 Å². The first kappa shape index (κ1) is 28.7. The molecule has 2 aliphatic rings. The largest absolute Gasteiger partial charge is 0.389 e. The van der Waals surface area contributed by atoms with E-state index in [0.29, 0.717) is 57.2 Å². The highest BCUT2D eigenvalue weighted by Crippen LogP contribution is 2.33. The van der Waals surface area contributed by atoms with Crippen molar-refractivity contribution in [2.24, 2.45) is 5.92 Å². The molecule has 0 saturated carbocycles. The van der Waals surface area contributed by atoms with Gasteiger partial charge in [-0.2, -0.15) is 13.2 Å². The fraction of sp³-hybridized carbons (Fsp3) is 0.536. The van der Waals surface area contributed by atoms with Gasteiger partial charge >= 0.3 is 12.2 Å². The van der Waals surface area contributed by atoms with Crippen LogP contribution in [0.4, 0.5) is 35.3 Å². The van der Waals surface area contributed by atoms with Crippen LogP contribution >= 0.6 is 0 Å². The predicted octanol–water partition coefficient (Wildman–Crippen LogP) is 5.48. The first-order chi connectivity index (χ1) is 18.5. The standard InChI is InChI=1S/C28H36F3N5O3/c1-4-24(37)19(3)32-25-13-21(14-26(34-25)35-9-11-39-12-10-35)23-15-22(6-5-18(23)2)33-27(38)36-8-7-20(17-36)16-28(29,30)31/h5-6,13-15,19-20H,4,7-12,16-17H2,1-3H3,(H,32,34)(H,33,38)/t19-,20-/m0/s1. The van der Waals surface area contributed by atoms with Gasteiger partial charge in [-0.15, -0.1) is 0 Å². The van der Waals surface area contributed by atoms with E-state index in [1.54, 1.807) is 6.07 Å². The molecule has 3 heterocycles. The molecule has 0 spiro atoms. The fourth-order valence-electron chi connectivity index (χ4n) is 5.03. The van der Waals surface area contributed by atoms with Gasteiger partial charge in [0.1, 0.15) is 11.6 Å². The number of anilines is 3. The number of amides is 2. The monoisotopic (exact) mass is 547 g/mol. The number of likely N-dealkylation sites (tertiary alicyclic amines) is 1. The van der Waals surface area contributed by atoms with E-state index < -0.39 is 30.6 Å². The molecule has 2 aliphatic heterocycles. The number of ketones is 1. The van der Waals surface area contributed by atoms with Gasteiger partial charge in [0.15, 0.2) is 5.78 Å². The molecule has 0 radical (unpaired) electrons. The summed E-state index contributed by atoms with van der Waals surface area (Å²) in [5, 5.41) is 6.09. The highest BCUT2D eigenvalue weighted by molar-refractivity contribution is 5.91. The molecule has 2 atom stereocenters. The third-order valence-electron chi connectivity index (χ3n) is 7.24. The summed E-state index contributed by atoms with van der Waals surface area (Å²) >= 11 is 0. The average molecular weight is 548 g/mol. The number of alkyl halides is 3. The summed E-state index contributed by atoms with van der Waals surface area (Å²) in [5.41, 5.74) is 3.26. The van der Waals surface area contributed by atoms with E-state index in [-0.39, 0.29) is 12.3 Å². The predicted molar refractivity (Wildman–Crippen MR) is 145 cm³/mol. The topological polar surface area (TPSA) is 86.8 Å². The molecule has 0 unspecified atom stereocenters. The van der Waals surface area contributed by atoms with Crippen LogP contribution in [-0.2, 0) is 9.53 Å². The number of urea groups is 1. The number of morpholine rings is 1. The molecular formula is C28H36F3N5O3. The lowest BCUT2D eigenvalue weighted by Gasteiger charge is -2.29. The van der Waals surface area contributed by atoms with Crippen LogP contribution in [0.3, 0.4) is 0 Å². The van der Waals surface area contributed by atoms with Crippen LogP contribution in [0.25, 0.3) is 11.1 Å². The number of rotatable bonds is 8. The number of carbonyl (C=O) groups excluding carboxylic acids is 2. The molecule has 11 heteroatoms. The van der Waals surface area contributed by atoms with Crippen molar-refractivity contribution in [2.45, 2.75) is 52.3 Å². The Balaban J connectivity index is 1.57. The number of nitrogens with zero attached hydrogens (tertiary/aromatic N) is 3. The zero-order valence-corrected chi connectivity index (χ0v) is 22.6. The van der Waals surface area contributed by atoms with Gasteiger partial charge in [0.05, 0.1) is 19.3 Å². The Kier molecular flexibility index (Phi) is 8.99. The number of benzene rings is 1. The van der Waals surface area contributed by atoms with Gasteiger partial charge in [-0.1, -0.05) is 13.0 Å². The van der Waals surface area contributed by atoms with Crippen molar-refractivity contribution < 1.29 is 27.5 Å². The summed E-state index contributed by atoms with van der Waals surface area (Å²) in [6.45, 7) is 8.57. The Morgan fingerprint density at radius 1 is 1.15 bits per heavy atom.